The van der Waals surface area contributed by atoms with Gasteiger partial charge in [0.2, 0.25) is 11.8 Å². The fourth-order valence-corrected chi connectivity index (χ4v) is 3.26. The van der Waals surface area contributed by atoms with Gasteiger partial charge in [0.25, 0.3) is 0 Å². The van der Waals surface area contributed by atoms with Crippen LogP contribution >= 0.6 is 0 Å². The van der Waals surface area contributed by atoms with Crippen LogP contribution in [-0.4, -0.2) is 28.2 Å². The molecule has 1 saturated heterocycles. The van der Waals surface area contributed by atoms with E-state index in [0.29, 0.717) is 24.5 Å². The molecule has 0 spiro atoms. The Labute approximate surface area is 169 Å². The highest BCUT2D eigenvalue weighted by molar-refractivity contribution is 5.97. The van der Waals surface area contributed by atoms with Gasteiger partial charge in [-0.15, -0.1) is 0 Å². The lowest BCUT2D eigenvalue weighted by atomic mass is 10.1. The molecule has 4 rings (SSSR count). The Morgan fingerprint density at radius 3 is 2.45 bits per heavy atom. The molecule has 6 heteroatoms. The number of anilines is 1. The molecule has 2 aromatic carbocycles. The lowest BCUT2D eigenvalue weighted by Crippen LogP contribution is -2.28. The van der Waals surface area contributed by atoms with Crippen molar-refractivity contribution in [1.29, 1.82) is 0 Å². The normalized spacial score (nSPS) is 15.9. The lowest BCUT2D eigenvalue weighted by Gasteiger charge is -2.16. The first kappa shape index (κ1) is 18.7. The molecule has 1 unspecified atom stereocenters. The van der Waals surface area contributed by atoms with E-state index >= 15 is 0 Å². The summed E-state index contributed by atoms with van der Waals surface area (Å²) in [5, 5.41) is 2.89. The summed E-state index contributed by atoms with van der Waals surface area (Å²) in [5.74, 6) is 0.890. The molecule has 0 radical (unpaired) electrons. The van der Waals surface area contributed by atoms with Crippen LogP contribution in [0.2, 0.25) is 0 Å². The Hall–Kier alpha value is -3.67. The van der Waals surface area contributed by atoms with Gasteiger partial charge in [-0.1, -0.05) is 24.3 Å². The van der Waals surface area contributed by atoms with E-state index < -0.39 is 0 Å². The first-order valence-corrected chi connectivity index (χ1v) is 9.49. The van der Waals surface area contributed by atoms with Crippen molar-refractivity contribution >= 4 is 17.5 Å². The maximum absolute atomic E-state index is 12.6. The molecule has 29 heavy (non-hydrogen) atoms. The number of rotatable bonds is 6. The van der Waals surface area contributed by atoms with Gasteiger partial charge in [-0.3, -0.25) is 14.6 Å². The summed E-state index contributed by atoms with van der Waals surface area (Å²) in [6, 6.07) is 22.3. The van der Waals surface area contributed by atoms with Crippen LogP contribution in [0.5, 0.6) is 11.5 Å². The van der Waals surface area contributed by atoms with E-state index in [-0.39, 0.29) is 24.2 Å². The van der Waals surface area contributed by atoms with Gasteiger partial charge in [-0.2, -0.15) is 0 Å². The number of para-hydroxylation sites is 1. The molecule has 3 aromatic rings. The molecule has 1 atom stereocenters. The molecule has 0 saturated carbocycles. The van der Waals surface area contributed by atoms with Crippen LogP contribution < -0.4 is 10.1 Å². The van der Waals surface area contributed by atoms with Crippen LogP contribution in [0.1, 0.15) is 12.1 Å². The van der Waals surface area contributed by atoms with Crippen LogP contribution in [0.4, 0.5) is 5.69 Å². The minimum atomic E-state index is -0.369. The summed E-state index contributed by atoms with van der Waals surface area (Å²) in [7, 11) is 0. The van der Waals surface area contributed by atoms with E-state index in [0.717, 1.165) is 11.4 Å². The second-order valence-electron chi connectivity index (χ2n) is 6.93. The van der Waals surface area contributed by atoms with Crippen LogP contribution in [-0.2, 0) is 16.1 Å². The topological polar surface area (TPSA) is 71.5 Å². The highest BCUT2D eigenvalue weighted by Gasteiger charge is 2.34. The Morgan fingerprint density at radius 2 is 1.72 bits per heavy atom. The second kappa shape index (κ2) is 8.56. The number of hydrogen-bond donors (Lipinski definition) is 1. The molecule has 0 aliphatic carbocycles. The van der Waals surface area contributed by atoms with E-state index in [1.165, 1.54) is 0 Å². The fraction of sp³-hybridized carbons (Fsp3) is 0.174. The minimum absolute atomic E-state index is 0.0255. The zero-order valence-electron chi connectivity index (χ0n) is 15.8. The molecular formula is C23H21N3O3. The molecule has 1 aromatic heterocycles. The molecule has 0 bridgehead atoms. The molecule has 146 valence electrons. The number of likely N-dealkylation sites (tertiary alicyclic amines) is 1. The second-order valence-corrected chi connectivity index (χ2v) is 6.93. The third-order valence-corrected chi connectivity index (χ3v) is 4.77. The average molecular weight is 387 g/mol. The highest BCUT2D eigenvalue weighted by atomic mass is 16.5. The number of pyridine rings is 1. The maximum atomic E-state index is 12.6. The molecule has 2 amide bonds. The van der Waals surface area contributed by atoms with Crippen molar-refractivity contribution in [3.8, 4) is 11.5 Å². The van der Waals surface area contributed by atoms with Gasteiger partial charge in [0.15, 0.2) is 0 Å². The zero-order valence-corrected chi connectivity index (χ0v) is 15.8. The van der Waals surface area contributed by atoms with Gasteiger partial charge in [-0.25, -0.2) is 0 Å². The first-order valence-electron chi connectivity index (χ1n) is 9.49. The van der Waals surface area contributed by atoms with Gasteiger partial charge in [0, 0.05) is 24.8 Å². The van der Waals surface area contributed by atoms with E-state index in [9.17, 15) is 9.59 Å². The van der Waals surface area contributed by atoms with Gasteiger partial charge >= 0.3 is 0 Å². The predicted octanol–water partition coefficient (Wildman–Crippen LogP) is 3.86. The van der Waals surface area contributed by atoms with Crippen molar-refractivity contribution in [3.05, 3.63) is 84.7 Å². The molecule has 1 fully saturated rings. The summed E-state index contributed by atoms with van der Waals surface area (Å²) in [6.07, 6.45) is 1.92. The molecule has 2 heterocycles. The zero-order chi connectivity index (χ0) is 20.1. The van der Waals surface area contributed by atoms with Gasteiger partial charge < -0.3 is 15.0 Å². The highest BCUT2D eigenvalue weighted by Crippen LogP contribution is 2.24. The number of carbonyl (C=O) groups excluding carboxylic acids is 2. The number of hydrogen-bond acceptors (Lipinski definition) is 4. The van der Waals surface area contributed by atoms with Crippen LogP contribution in [0, 0.1) is 5.92 Å². The number of nitrogens with one attached hydrogen (secondary N) is 1. The van der Waals surface area contributed by atoms with Crippen LogP contribution in [0.15, 0.2) is 79.0 Å². The fourth-order valence-electron chi connectivity index (χ4n) is 3.26. The Kier molecular flexibility index (Phi) is 5.52. The van der Waals surface area contributed by atoms with Gasteiger partial charge in [0.05, 0.1) is 18.2 Å². The standard InChI is InChI=1S/C23H21N3O3/c27-22-14-17(15-26(22)16-19-6-4-5-13-24-19)23(28)25-18-9-11-21(12-10-18)29-20-7-2-1-3-8-20/h1-13,17H,14-16H2,(H,25,28). The maximum Gasteiger partial charge on any atom is 0.229 e. The SMILES string of the molecule is O=C(Nc1ccc(Oc2ccccc2)cc1)C1CC(=O)N(Cc2ccccn2)C1. The summed E-state index contributed by atoms with van der Waals surface area (Å²) in [4.78, 5) is 30.8. The summed E-state index contributed by atoms with van der Waals surface area (Å²) in [6.45, 7) is 0.825. The van der Waals surface area contributed by atoms with Crippen molar-refractivity contribution in [3.63, 3.8) is 0 Å². The molecule has 1 aliphatic heterocycles. The van der Waals surface area contributed by atoms with E-state index in [1.54, 1.807) is 35.4 Å². The quantitative estimate of drug-likeness (QED) is 0.697. The number of benzene rings is 2. The molecule has 1 N–H and O–H groups in total. The van der Waals surface area contributed by atoms with Crippen molar-refractivity contribution in [2.45, 2.75) is 13.0 Å². The van der Waals surface area contributed by atoms with Gasteiger partial charge in [-0.05, 0) is 48.5 Å². The number of amides is 2. The minimum Gasteiger partial charge on any atom is -0.457 e. The third kappa shape index (κ3) is 4.79. The largest absolute Gasteiger partial charge is 0.457 e. The molecular weight excluding hydrogens is 366 g/mol. The van der Waals surface area contributed by atoms with E-state index in [2.05, 4.69) is 10.3 Å². The third-order valence-electron chi connectivity index (χ3n) is 4.77. The molecule has 6 nitrogen and oxygen atoms in total. The Balaban J connectivity index is 1.33. The Bertz CT molecular complexity index is 975. The summed E-state index contributed by atoms with van der Waals surface area (Å²) >= 11 is 0. The number of aromatic nitrogens is 1. The van der Waals surface area contributed by atoms with Crippen LogP contribution in [0.3, 0.4) is 0 Å². The predicted molar refractivity (Wildman–Crippen MR) is 109 cm³/mol. The monoisotopic (exact) mass is 387 g/mol. The van der Waals surface area contributed by atoms with Crippen molar-refractivity contribution < 1.29 is 14.3 Å². The number of nitrogens with zero attached hydrogens (tertiary/aromatic N) is 2. The van der Waals surface area contributed by atoms with Crippen molar-refractivity contribution in [2.24, 2.45) is 5.92 Å². The lowest BCUT2D eigenvalue weighted by molar-refractivity contribution is -0.128. The van der Waals surface area contributed by atoms with Crippen molar-refractivity contribution in [2.75, 3.05) is 11.9 Å². The van der Waals surface area contributed by atoms with E-state index in [1.807, 2.05) is 48.5 Å². The van der Waals surface area contributed by atoms with Crippen LogP contribution in [0.25, 0.3) is 0 Å². The first-order chi connectivity index (χ1) is 14.2. The van der Waals surface area contributed by atoms with Crippen molar-refractivity contribution in [1.82, 2.24) is 9.88 Å². The summed E-state index contributed by atoms with van der Waals surface area (Å²) < 4.78 is 5.75. The smallest absolute Gasteiger partial charge is 0.229 e. The number of carbonyl (C=O) groups is 2. The van der Waals surface area contributed by atoms with E-state index in [4.69, 9.17) is 4.74 Å². The average Bonchev–Trinajstić information content (AvgIpc) is 3.11. The Morgan fingerprint density at radius 1 is 1.00 bits per heavy atom. The molecule has 1 aliphatic rings. The summed E-state index contributed by atoms with van der Waals surface area (Å²) in [5.41, 5.74) is 1.49. The number of ether oxygens (including phenoxy) is 1. The van der Waals surface area contributed by atoms with Gasteiger partial charge in [0.1, 0.15) is 11.5 Å².